The van der Waals surface area contributed by atoms with Gasteiger partial charge in [-0.25, -0.2) is 4.98 Å². The van der Waals surface area contributed by atoms with Crippen molar-refractivity contribution < 1.29 is 0 Å². The topological polar surface area (TPSA) is 24.9 Å². The van der Waals surface area contributed by atoms with Crippen molar-refractivity contribution in [1.82, 2.24) is 10.3 Å². The van der Waals surface area contributed by atoms with E-state index in [1.54, 1.807) is 11.3 Å². The number of thiazole rings is 1. The summed E-state index contributed by atoms with van der Waals surface area (Å²) in [6.07, 6.45) is 0. The van der Waals surface area contributed by atoms with E-state index in [1.165, 1.54) is 4.88 Å². The van der Waals surface area contributed by atoms with Gasteiger partial charge in [-0.1, -0.05) is 43.1 Å². The highest BCUT2D eigenvalue weighted by Crippen LogP contribution is 2.32. The molecule has 0 aliphatic carbocycles. The zero-order valence-electron chi connectivity index (χ0n) is 11.8. The lowest BCUT2D eigenvalue weighted by atomic mass is 10.2. The van der Waals surface area contributed by atoms with E-state index in [0.29, 0.717) is 16.0 Å². The van der Waals surface area contributed by atoms with E-state index in [2.05, 4.69) is 24.1 Å². The van der Waals surface area contributed by atoms with Crippen LogP contribution in [-0.4, -0.2) is 11.5 Å². The Hall–Kier alpha value is -0.610. The van der Waals surface area contributed by atoms with Crippen molar-refractivity contribution in [3.8, 4) is 10.6 Å². The van der Waals surface area contributed by atoms with Crippen LogP contribution in [0.25, 0.3) is 10.6 Å². The fourth-order valence-electron chi connectivity index (χ4n) is 1.82. The predicted molar refractivity (Wildman–Crippen MR) is 88.9 cm³/mol. The fraction of sp³-hybridized carbons (Fsp3) is 0.400. The largest absolute Gasteiger partial charge is 0.312 e. The van der Waals surface area contributed by atoms with Crippen molar-refractivity contribution in [2.45, 2.75) is 27.3 Å². The Morgan fingerprint density at radius 1 is 1.25 bits per heavy atom. The standard InChI is InChI=1S/C15H18Cl2N2S/c1-9(2)7-18-8-14-10(3)19-15(20-14)11-4-5-12(16)13(17)6-11/h4-6,9,18H,7-8H2,1-3H3. The number of hydrogen-bond acceptors (Lipinski definition) is 3. The van der Waals surface area contributed by atoms with Crippen LogP contribution < -0.4 is 5.32 Å². The van der Waals surface area contributed by atoms with Gasteiger partial charge in [0.2, 0.25) is 0 Å². The zero-order chi connectivity index (χ0) is 14.7. The van der Waals surface area contributed by atoms with Crippen LogP contribution in [0.15, 0.2) is 18.2 Å². The molecule has 0 unspecified atom stereocenters. The Kier molecular flexibility index (Phi) is 5.44. The zero-order valence-corrected chi connectivity index (χ0v) is 14.2. The number of benzene rings is 1. The van der Waals surface area contributed by atoms with Gasteiger partial charge in [0.15, 0.2) is 0 Å². The summed E-state index contributed by atoms with van der Waals surface area (Å²) in [5.41, 5.74) is 2.09. The monoisotopic (exact) mass is 328 g/mol. The van der Waals surface area contributed by atoms with Gasteiger partial charge in [0.05, 0.1) is 15.7 Å². The molecule has 2 rings (SSSR count). The Morgan fingerprint density at radius 3 is 2.65 bits per heavy atom. The van der Waals surface area contributed by atoms with Gasteiger partial charge in [-0.15, -0.1) is 11.3 Å². The molecule has 0 saturated heterocycles. The minimum atomic E-state index is 0.566. The van der Waals surface area contributed by atoms with Crippen LogP contribution >= 0.6 is 34.5 Å². The Labute approximate surface area is 134 Å². The molecule has 2 aromatic rings. The smallest absolute Gasteiger partial charge is 0.123 e. The van der Waals surface area contributed by atoms with Crippen LogP contribution in [0.4, 0.5) is 0 Å². The fourth-order valence-corrected chi connectivity index (χ4v) is 3.15. The molecular formula is C15H18Cl2N2S. The van der Waals surface area contributed by atoms with E-state index < -0.39 is 0 Å². The van der Waals surface area contributed by atoms with Gasteiger partial charge < -0.3 is 5.32 Å². The molecule has 5 heteroatoms. The molecule has 20 heavy (non-hydrogen) atoms. The molecule has 108 valence electrons. The first kappa shape index (κ1) is 15.8. The molecule has 0 aliphatic rings. The first-order chi connectivity index (χ1) is 9.47. The molecule has 0 radical (unpaired) electrons. The Bertz CT molecular complexity index is 594. The second kappa shape index (κ2) is 6.90. The maximum Gasteiger partial charge on any atom is 0.123 e. The molecule has 0 fully saturated rings. The molecule has 1 aromatic carbocycles. The lowest BCUT2D eigenvalue weighted by molar-refractivity contribution is 0.554. The molecule has 1 N–H and O–H groups in total. The molecule has 0 aliphatic heterocycles. The number of aromatic nitrogens is 1. The van der Waals surface area contributed by atoms with Crippen LogP contribution in [0, 0.1) is 12.8 Å². The van der Waals surface area contributed by atoms with Gasteiger partial charge in [0, 0.05) is 17.0 Å². The summed E-state index contributed by atoms with van der Waals surface area (Å²) in [7, 11) is 0. The normalized spacial score (nSPS) is 11.3. The van der Waals surface area contributed by atoms with Crippen molar-refractivity contribution in [2.75, 3.05) is 6.54 Å². The highest BCUT2D eigenvalue weighted by atomic mass is 35.5. The van der Waals surface area contributed by atoms with Crippen molar-refractivity contribution in [2.24, 2.45) is 5.92 Å². The molecule has 0 spiro atoms. The summed E-state index contributed by atoms with van der Waals surface area (Å²) < 4.78 is 0. The van der Waals surface area contributed by atoms with Crippen LogP contribution in [0.1, 0.15) is 24.4 Å². The minimum absolute atomic E-state index is 0.566. The lowest BCUT2D eigenvalue weighted by Crippen LogP contribution is -2.18. The molecule has 0 atom stereocenters. The van der Waals surface area contributed by atoms with Gasteiger partial charge in [-0.05, 0) is 31.5 Å². The van der Waals surface area contributed by atoms with E-state index in [4.69, 9.17) is 23.2 Å². The Morgan fingerprint density at radius 2 is 2.00 bits per heavy atom. The summed E-state index contributed by atoms with van der Waals surface area (Å²) in [5, 5.41) is 5.58. The van der Waals surface area contributed by atoms with Crippen molar-refractivity contribution in [3.63, 3.8) is 0 Å². The maximum absolute atomic E-state index is 6.06. The molecule has 1 aromatic heterocycles. The van der Waals surface area contributed by atoms with E-state index in [0.717, 1.165) is 29.4 Å². The molecule has 2 nitrogen and oxygen atoms in total. The first-order valence-corrected chi connectivity index (χ1v) is 8.17. The van der Waals surface area contributed by atoms with Crippen LogP contribution in [0.2, 0.25) is 10.0 Å². The van der Waals surface area contributed by atoms with Crippen LogP contribution in [-0.2, 0) is 6.54 Å². The third-order valence-electron chi connectivity index (χ3n) is 2.90. The first-order valence-electron chi connectivity index (χ1n) is 6.60. The quantitative estimate of drug-likeness (QED) is 0.818. The average Bonchev–Trinajstić information content (AvgIpc) is 2.74. The second-order valence-electron chi connectivity index (χ2n) is 5.18. The van der Waals surface area contributed by atoms with Crippen molar-refractivity contribution in [1.29, 1.82) is 0 Å². The van der Waals surface area contributed by atoms with E-state index in [-0.39, 0.29) is 0 Å². The molecule has 0 amide bonds. The summed E-state index contributed by atoms with van der Waals surface area (Å²) >= 11 is 13.7. The third-order valence-corrected chi connectivity index (χ3v) is 4.84. The van der Waals surface area contributed by atoms with Crippen LogP contribution in [0.5, 0.6) is 0 Å². The number of aryl methyl sites for hydroxylation is 1. The molecular weight excluding hydrogens is 311 g/mol. The van der Waals surface area contributed by atoms with E-state index in [9.17, 15) is 0 Å². The molecule has 1 heterocycles. The van der Waals surface area contributed by atoms with Gasteiger partial charge in [0.1, 0.15) is 5.01 Å². The minimum Gasteiger partial charge on any atom is -0.312 e. The maximum atomic E-state index is 6.06. The SMILES string of the molecule is Cc1nc(-c2ccc(Cl)c(Cl)c2)sc1CNCC(C)C. The third kappa shape index (κ3) is 3.95. The summed E-state index contributed by atoms with van der Waals surface area (Å²) in [6, 6.07) is 5.64. The summed E-state index contributed by atoms with van der Waals surface area (Å²) in [6.45, 7) is 8.33. The van der Waals surface area contributed by atoms with Crippen LogP contribution in [0.3, 0.4) is 0 Å². The van der Waals surface area contributed by atoms with Crippen molar-refractivity contribution in [3.05, 3.63) is 38.8 Å². The predicted octanol–water partition coefficient (Wildman–Crippen LogP) is 5.17. The second-order valence-corrected chi connectivity index (χ2v) is 7.08. The number of halogens is 2. The molecule has 0 bridgehead atoms. The van der Waals surface area contributed by atoms with Gasteiger partial charge >= 0.3 is 0 Å². The average molecular weight is 329 g/mol. The van der Waals surface area contributed by atoms with Gasteiger partial charge in [-0.3, -0.25) is 0 Å². The van der Waals surface area contributed by atoms with Crippen molar-refractivity contribution >= 4 is 34.5 Å². The summed E-state index contributed by atoms with van der Waals surface area (Å²) in [5.74, 6) is 0.651. The number of nitrogens with one attached hydrogen (secondary N) is 1. The highest BCUT2D eigenvalue weighted by Gasteiger charge is 2.10. The number of rotatable bonds is 5. The van der Waals surface area contributed by atoms with E-state index in [1.807, 2.05) is 25.1 Å². The van der Waals surface area contributed by atoms with Gasteiger partial charge in [0.25, 0.3) is 0 Å². The number of hydrogen-bond donors (Lipinski definition) is 1. The summed E-state index contributed by atoms with van der Waals surface area (Å²) in [4.78, 5) is 5.90. The molecule has 0 saturated carbocycles. The lowest BCUT2D eigenvalue weighted by Gasteiger charge is -2.05. The van der Waals surface area contributed by atoms with Gasteiger partial charge in [-0.2, -0.15) is 0 Å². The highest BCUT2D eigenvalue weighted by molar-refractivity contribution is 7.15. The number of nitrogens with zero attached hydrogens (tertiary/aromatic N) is 1. The Balaban J connectivity index is 2.15. The van der Waals surface area contributed by atoms with E-state index >= 15 is 0 Å².